The molecule has 0 aliphatic carbocycles. The molecule has 3 N–H and O–H groups in total. The lowest BCUT2D eigenvalue weighted by molar-refractivity contribution is -0.134. The summed E-state index contributed by atoms with van der Waals surface area (Å²) in [6.45, 7) is 1.49. The summed E-state index contributed by atoms with van der Waals surface area (Å²) in [7, 11) is 1.56. The van der Waals surface area contributed by atoms with E-state index in [9.17, 15) is 4.79 Å². The Morgan fingerprint density at radius 1 is 1.62 bits per heavy atom. The summed E-state index contributed by atoms with van der Waals surface area (Å²) in [5.74, 6) is -0.833. The Hall–Kier alpha value is -1.77. The van der Waals surface area contributed by atoms with Gasteiger partial charge in [0.05, 0.1) is 12.5 Å². The van der Waals surface area contributed by atoms with Crippen LogP contribution in [0.15, 0.2) is 0 Å². The van der Waals surface area contributed by atoms with Gasteiger partial charge in [0.25, 0.3) is 5.97 Å². The standard InChI is InChI=1S/C5H9N3O.C2H4O2/c1-8(5(7)9)4-2-3-6;1-2(3)4/h2,4H2,1H3,(H2,7,9);1H3,(H,3,4). The maximum absolute atomic E-state index is 10.2. The quantitative estimate of drug-likeness (QED) is 0.634. The zero-order valence-electron chi connectivity index (χ0n) is 7.65. The van der Waals surface area contributed by atoms with E-state index in [1.807, 2.05) is 6.07 Å². The van der Waals surface area contributed by atoms with Gasteiger partial charge in [0, 0.05) is 20.5 Å². The molecule has 6 heteroatoms. The van der Waals surface area contributed by atoms with Gasteiger partial charge in [0.1, 0.15) is 0 Å². The van der Waals surface area contributed by atoms with E-state index in [0.717, 1.165) is 6.92 Å². The van der Waals surface area contributed by atoms with Crippen LogP contribution in [0.2, 0.25) is 0 Å². The number of carbonyl (C=O) groups is 2. The molecular formula is C7H13N3O3. The number of hydrogen-bond acceptors (Lipinski definition) is 3. The minimum atomic E-state index is -0.833. The first-order valence-electron chi connectivity index (χ1n) is 3.48. The minimum Gasteiger partial charge on any atom is -0.481 e. The van der Waals surface area contributed by atoms with Gasteiger partial charge in [-0.15, -0.1) is 0 Å². The molecule has 0 fully saturated rings. The second kappa shape index (κ2) is 8.33. The Bertz CT molecular complexity index is 206. The van der Waals surface area contributed by atoms with Crippen molar-refractivity contribution in [3.05, 3.63) is 0 Å². The first-order valence-corrected chi connectivity index (χ1v) is 3.48. The summed E-state index contributed by atoms with van der Waals surface area (Å²) in [6, 6.07) is 1.41. The lowest BCUT2D eigenvalue weighted by Crippen LogP contribution is -2.32. The molecule has 0 aromatic rings. The molecular weight excluding hydrogens is 174 g/mol. The summed E-state index contributed by atoms with van der Waals surface area (Å²) in [5.41, 5.74) is 4.85. The Morgan fingerprint density at radius 2 is 2.00 bits per heavy atom. The highest BCUT2D eigenvalue weighted by Crippen LogP contribution is 1.83. The molecule has 0 saturated carbocycles. The SMILES string of the molecule is CC(=O)O.CN(CCC#N)C(N)=O. The van der Waals surface area contributed by atoms with Crippen molar-refractivity contribution in [1.29, 1.82) is 5.26 Å². The van der Waals surface area contributed by atoms with Crippen LogP contribution >= 0.6 is 0 Å². The number of amides is 2. The molecule has 0 aliphatic heterocycles. The second-order valence-corrected chi connectivity index (χ2v) is 2.19. The summed E-state index contributed by atoms with van der Waals surface area (Å²) in [6.07, 6.45) is 0.333. The molecule has 0 heterocycles. The van der Waals surface area contributed by atoms with Crippen LogP contribution in [0.1, 0.15) is 13.3 Å². The Kier molecular flexibility index (Phi) is 8.84. The predicted molar refractivity (Wildman–Crippen MR) is 45.8 cm³/mol. The number of aliphatic carboxylic acids is 1. The molecule has 74 valence electrons. The molecule has 2 amide bonds. The fraction of sp³-hybridized carbons (Fsp3) is 0.571. The largest absolute Gasteiger partial charge is 0.481 e. The van der Waals surface area contributed by atoms with Crippen molar-refractivity contribution in [3.63, 3.8) is 0 Å². The van der Waals surface area contributed by atoms with Crippen molar-refractivity contribution in [3.8, 4) is 6.07 Å². The first kappa shape index (κ1) is 13.8. The van der Waals surface area contributed by atoms with Crippen LogP contribution in [0, 0.1) is 11.3 Å². The van der Waals surface area contributed by atoms with Gasteiger partial charge in [-0.05, 0) is 0 Å². The zero-order chi connectivity index (χ0) is 10.9. The number of primary amides is 1. The third-order valence-electron chi connectivity index (χ3n) is 0.935. The number of nitrogens with zero attached hydrogens (tertiary/aromatic N) is 2. The Morgan fingerprint density at radius 3 is 2.23 bits per heavy atom. The molecule has 0 unspecified atom stereocenters. The van der Waals surface area contributed by atoms with Gasteiger partial charge in [0.15, 0.2) is 0 Å². The number of nitriles is 1. The molecule has 6 nitrogen and oxygen atoms in total. The van der Waals surface area contributed by atoms with Gasteiger partial charge >= 0.3 is 6.03 Å². The Labute approximate surface area is 76.5 Å². The molecule has 0 bridgehead atoms. The maximum Gasteiger partial charge on any atom is 0.314 e. The molecule has 13 heavy (non-hydrogen) atoms. The number of carboxylic acid groups (broad SMARTS) is 1. The maximum atomic E-state index is 10.2. The molecule has 0 aromatic heterocycles. The van der Waals surface area contributed by atoms with Gasteiger partial charge in [-0.25, -0.2) is 4.79 Å². The molecule has 0 spiro atoms. The van der Waals surface area contributed by atoms with E-state index in [-0.39, 0.29) is 0 Å². The van der Waals surface area contributed by atoms with Gasteiger partial charge in [0.2, 0.25) is 0 Å². The van der Waals surface area contributed by atoms with Gasteiger partial charge in [-0.1, -0.05) is 0 Å². The lowest BCUT2D eigenvalue weighted by atomic mass is 10.4. The monoisotopic (exact) mass is 187 g/mol. The summed E-state index contributed by atoms with van der Waals surface area (Å²) < 4.78 is 0. The first-order chi connectivity index (χ1) is 5.91. The number of hydrogen-bond donors (Lipinski definition) is 2. The number of rotatable bonds is 2. The van der Waals surface area contributed by atoms with Crippen LogP contribution in [-0.2, 0) is 4.79 Å². The fourth-order valence-electron chi connectivity index (χ4n) is 0.328. The average Bonchev–Trinajstić information content (AvgIpc) is 1.98. The van der Waals surface area contributed by atoms with Crippen LogP contribution in [0.25, 0.3) is 0 Å². The van der Waals surface area contributed by atoms with Crippen molar-refractivity contribution in [2.75, 3.05) is 13.6 Å². The second-order valence-electron chi connectivity index (χ2n) is 2.19. The van der Waals surface area contributed by atoms with Gasteiger partial charge in [-0.2, -0.15) is 5.26 Å². The van der Waals surface area contributed by atoms with E-state index in [4.69, 9.17) is 20.9 Å². The van der Waals surface area contributed by atoms with E-state index < -0.39 is 12.0 Å². The molecule has 0 saturated heterocycles. The van der Waals surface area contributed by atoms with Gasteiger partial charge < -0.3 is 15.7 Å². The van der Waals surface area contributed by atoms with Crippen molar-refractivity contribution >= 4 is 12.0 Å². The third kappa shape index (κ3) is 17.9. The normalized spacial score (nSPS) is 7.46. The van der Waals surface area contributed by atoms with E-state index in [2.05, 4.69) is 0 Å². The highest BCUT2D eigenvalue weighted by atomic mass is 16.4. The highest BCUT2D eigenvalue weighted by molar-refractivity contribution is 5.71. The smallest absolute Gasteiger partial charge is 0.314 e. The molecule has 0 rings (SSSR count). The number of urea groups is 1. The molecule has 0 aromatic carbocycles. The van der Waals surface area contributed by atoms with E-state index in [0.29, 0.717) is 13.0 Å². The number of carboxylic acids is 1. The van der Waals surface area contributed by atoms with Crippen LogP contribution in [-0.4, -0.2) is 35.6 Å². The lowest BCUT2D eigenvalue weighted by Gasteiger charge is -2.10. The number of nitrogens with two attached hydrogens (primary N) is 1. The summed E-state index contributed by atoms with van der Waals surface area (Å²) >= 11 is 0. The third-order valence-corrected chi connectivity index (χ3v) is 0.935. The molecule has 0 aliphatic rings. The Balaban J connectivity index is 0. The summed E-state index contributed by atoms with van der Waals surface area (Å²) in [4.78, 5) is 20.5. The molecule has 0 radical (unpaired) electrons. The topological polar surface area (TPSA) is 107 Å². The predicted octanol–water partition coefficient (Wildman–Crippen LogP) is 0.00148. The summed E-state index contributed by atoms with van der Waals surface area (Å²) in [5, 5.41) is 15.5. The van der Waals surface area contributed by atoms with E-state index >= 15 is 0 Å². The highest BCUT2D eigenvalue weighted by Gasteiger charge is 1.99. The average molecular weight is 187 g/mol. The van der Waals surface area contributed by atoms with Crippen molar-refractivity contribution in [2.24, 2.45) is 5.73 Å². The van der Waals surface area contributed by atoms with Crippen LogP contribution in [0.5, 0.6) is 0 Å². The van der Waals surface area contributed by atoms with Crippen LogP contribution in [0.3, 0.4) is 0 Å². The minimum absolute atomic E-state index is 0.333. The van der Waals surface area contributed by atoms with Crippen molar-refractivity contribution in [2.45, 2.75) is 13.3 Å². The van der Waals surface area contributed by atoms with Crippen molar-refractivity contribution in [1.82, 2.24) is 4.90 Å². The van der Waals surface area contributed by atoms with Crippen LogP contribution < -0.4 is 5.73 Å². The van der Waals surface area contributed by atoms with E-state index in [1.54, 1.807) is 7.05 Å². The number of carbonyl (C=O) groups excluding carboxylic acids is 1. The van der Waals surface area contributed by atoms with Crippen molar-refractivity contribution < 1.29 is 14.7 Å². The van der Waals surface area contributed by atoms with Gasteiger partial charge in [-0.3, -0.25) is 4.79 Å². The fourth-order valence-corrected chi connectivity index (χ4v) is 0.328. The van der Waals surface area contributed by atoms with Crippen LogP contribution in [0.4, 0.5) is 4.79 Å². The molecule has 0 atom stereocenters. The van der Waals surface area contributed by atoms with E-state index in [1.165, 1.54) is 4.90 Å². The zero-order valence-corrected chi connectivity index (χ0v) is 7.65.